The van der Waals surface area contributed by atoms with Crippen LogP contribution in [0.4, 0.5) is 13.2 Å². The standard InChI is InChI=1S/C26H25ClF3N5O3S/c1-14-7-16(27)8-18(23(14)38-20-3-5-31-10-15(20)2)22-24-19(32-13-33-22)9-17(39-24)11-35-21(36)4-6-34(25(35)37)12-26(28,29)30/h4,6-9,13,15,20,31H,3,5,10-12H2,1-2H3/t15-,20+/m0/s1. The van der Waals surface area contributed by atoms with Crippen molar-refractivity contribution in [2.75, 3.05) is 13.1 Å². The molecule has 4 aromatic rings. The number of rotatable bonds is 6. The molecule has 4 heterocycles. The second-order valence-electron chi connectivity index (χ2n) is 9.64. The van der Waals surface area contributed by atoms with Gasteiger partial charge in [-0.15, -0.1) is 11.3 Å². The number of ether oxygens (including phenoxy) is 1. The average molecular weight is 580 g/mol. The van der Waals surface area contributed by atoms with E-state index in [1.807, 2.05) is 13.0 Å². The van der Waals surface area contributed by atoms with E-state index in [4.69, 9.17) is 16.3 Å². The van der Waals surface area contributed by atoms with Gasteiger partial charge in [-0.2, -0.15) is 13.2 Å². The van der Waals surface area contributed by atoms with E-state index >= 15 is 0 Å². The lowest BCUT2D eigenvalue weighted by Gasteiger charge is -2.31. The number of aromatic nitrogens is 4. The lowest BCUT2D eigenvalue weighted by molar-refractivity contribution is -0.141. The molecule has 0 unspecified atom stereocenters. The van der Waals surface area contributed by atoms with Gasteiger partial charge in [0.05, 0.1) is 22.5 Å². The quantitative estimate of drug-likeness (QED) is 0.358. The molecule has 1 aliphatic rings. The Morgan fingerprint density at radius 3 is 2.77 bits per heavy atom. The Balaban J connectivity index is 1.56. The molecule has 0 saturated carbocycles. The molecule has 1 N–H and O–H groups in total. The van der Waals surface area contributed by atoms with Gasteiger partial charge in [0.2, 0.25) is 0 Å². The molecule has 206 valence electrons. The van der Waals surface area contributed by atoms with Crippen LogP contribution in [0.2, 0.25) is 5.02 Å². The van der Waals surface area contributed by atoms with Crippen LogP contribution in [-0.2, 0) is 13.1 Å². The highest BCUT2D eigenvalue weighted by atomic mass is 35.5. The molecular formula is C26H25ClF3N5O3S. The number of nitrogens with one attached hydrogen (secondary N) is 1. The molecule has 5 rings (SSSR count). The molecule has 1 saturated heterocycles. The molecule has 39 heavy (non-hydrogen) atoms. The molecular weight excluding hydrogens is 555 g/mol. The largest absolute Gasteiger partial charge is 0.489 e. The van der Waals surface area contributed by atoms with Crippen LogP contribution in [0.25, 0.3) is 21.5 Å². The summed E-state index contributed by atoms with van der Waals surface area (Å²) >= 11 is 7.70. The molecule has 0 amide bonds. The third-order valence-corrected chi connectivity index (χ3v) is 7.97. The normalized spacial score (nSPS) is 18.0. The summed E-state index contributed by atoms with van der Waals surface area (Å²) in [5, 5.41) is 3.88. The SMILES string of the molecule is Cc1cc(Cl)cc(-c2ncnc3cc(Cn4c(=O)ccn(CC(F)(F)F)c4=O)sc23)c1O[C@@H]1CCNC[C@@H]1C. The molecule has 0 bridgehead atoms. The lowest BCUT2D eigenvalue weighted by Crippen LogP contribution is -2.41. The highest BCUT2D eigenvalue weighted by Crippen LogP contribution is 2.41. The van der Waals surface area contributed by atoms with Gasteiger partial charge in [0.15, 0.2) is 0 Å². The number of thiophene rings is 1. The van der Waals surface area contributed by atoms with E-state index in [1.54, 1.807) is 12.1 Å². The number of hydrogen-bond donors (Lipinski definition) is 1. The number of piperidine rings is 1. The van der Waals surface area contributed by atoms with E-state index < -0.39 is 24.0 Å². The number of halogens is 4. The Morgan fingerprint density at radius 1 is 1.23 bits per heavy atom. The first-order valence-electron chi connectivity index (χ1n) is 12.3. The first-order chi connectivity index (χ1) is 18.5. The van der Waals surface area contributed by atoms with Crippen molar-refractivity contribution in [2.24, 2.45) is 5.92 Å². The summed E-state index contributed by atoms with van der Waals surface area (Å²) < 4.78 is 47.2. The number of aryl methyl sites for hydroxylation is 1. The van der Waals surface area contributed by atoms with Gasteiger partial charge < -0.3 is 10.1 Å². The van der Waals surface area contributed by atoms with Crippen LogP contribution in [-0.4, -0.2) is 44.5 Å². The predicted molar refractivity (Wildman–Crippen MR) is 144 cm³/mol. The van der Waals surface area contributed by atoms with Gasteiger partial charge in [0.25, 0.3) is 5.56 Å². The number of benzene rings is 1. The summed E-state index contributed by atoms with van der Waals surface area (Å²) in [5.41, 5.74) is 0.954. The maximum Gasteiger partial charge on any atom is 0.406 e. The summed E-state index contributed by atoms with van der Waals surface area (Å²) in [7, 11) is 0. The monoisotopic (exact) mass is 579 g/mol. The molecule has 3 aromatic heterocycles. The van der Waals surface area contributed by atoms with Gasteiger partial charge in [0.1, 0.15) is 24.7 Å². The summed E-state index contributed by atoms with van der Waals surface area (Å²) in [6.07, 6.45) is -1.48. The van der Waals surface area contributed by atoms with E-state index in [9.17, 15) is 22.8 Å². The van der Waals surface area contributed by atoms with Crippen LogP contribution in [0.3, 0.4) is 0 Å². The number of alkyl halides is 3. The number of hydrogen-bond acceptors (Lipinski definition) is 7. The van der Waals surface area contributed by atoms with Crippen molar-refractivity contribution in [1.29, 1.82) is 0 Å². The smallest absolute Gasteiger partial charge is 0.406 e. The topological polar surface area (TPSA) is 91.0 Å². The highest BCUT2D eigenvalue weighted by molar-refractivity contribution is 7.19. The Bertz CT molecular complexity index is 1650. The van der Waals surface area contributed by atoms with Crippen molar-refractivity contribution in [3.05, 3.63) is 73.1 Å². The Kier molecular flexibility index (Phi) is 7.53. The fourth-order valence-corrected chi connectivity index (χ4v) is 6.10. The maximum atomic E-state index is 12.9. The van der Waals surface area contributed by atoms with Gasteiger partial charge >= 0.3 is 11.9 Å². The van der Waals surface area contributed by atoms with Crippen molar-refractivity contribution in [3.8, 4) is 17.0 Å². The lowest BCUT2D eigenvalue weighted by atomic mass is 9.97. The van der Waals surface area contributed by atoms with Crippen molar-refractivity contribution in [1.82, 2.24) is 24.4 Å². The zero-order chi connectivity index (χ0) is 27.9. The van der Waals surface area contributed by atoms with Crippen LogP contribution < -0.4 is 21.3 Å². The minimum absolute atomic E-state index is 0.00456. The maximum absolute atomic E-state index is 12.9. The zero-order valence-electron chi connectivity index (χ0n) is 21.1. The van der Waals surface area contributed by atoms with Crippen LogP contribution in [0.15, 0.2) is 46.4 Å². The minimum atomic E-state index is -4.60. The summed E-state index contributed by atoms with van der Waals surface area (Å²) in [5.74, 6) is 0.966. The molecule has 8 nitrogen and oxygen atoms in total. The summed E-state index contributed by atoms with van der Waals surface area (Å²) in [6.45, 7) is 4.06. The first kappa shape index (κ1) is 27.4. The average Bonchev–Trinajstić information content (AvgIpc) is 3.28. The Morgan fingerprint density at radius 2 is 2.03 bits per heavy atom. The minimum Gasteiger partial charge on any atom is -0.489 e. The van der Waals surface area contributed by atoms with Crippen LogP contribution >= 0.6 is 22.9 Å². The predicted octanol–water partition coefficient (Wildman–Crippen LogP) is 4.63. The van der Waals surface area contributed by atoms with E-state index in [0.717, 1.165) is 41.9 Å². The third kappa shape index (κ3) is 5.87. The van der Waals surface area contributed by atoms with Gasteiger partial charge in [-0.05, 0) is 43.7 Å². The Labute approximate surface area is 230 Å². The van der Waals surface area contributed by atoms with Crippen LogP contribution in [0, 0.1) is 12.8 Å². The number of nitrogens with zero attached hydrogens (tertiary/aromatic N) is 4. The Hall–Kier alpha value is -3.22. The van der Waals surface area contributed by atoms with E-state index in [0.29, 0.717) is 47.6 Å². The highest BCUT2D eigenvalue weighted by Gasteiger charge is 2.29. The van der Waals surface area contributed by atoms with Crippen molar-refractivity contribution in [3.63, 3.8) is 0 Å². The van der Waals surface area contributed by atoms with Gasteiger partial charge in [-0.25, -0.2) is 14.8 Å². The molecule has 1 fully saturated rings. The van der Waals surface area contributed by atoms with Crippen molar-refractivity contribution in [2.45, 2.75) is 45.6 Å². The van der Waals surface area contributed by atoms with E-state index in [2.05, 4.69) is 22.2 Å². The number of fused-ring (bicyclic) bond motifs is 1. The summed E-state index contributed by atoms with van der Waals surface area (Å²) in [6, 6.07) is 6.27. The fourth-order valence-electron chi connectivity index (χ4n) is 4.72. The molecule has 0 spiro atoms. The molecule has 0 radical (unpaired) electrons. The van der Waals surface area contributed by atoms with Crippen molar-refractivity contribution >= 4 is 33.2 Å². The van der Waals surface area contributed by atoms with Gasteiger partial charge in [-0.1, -0.05) is 18.5 Å². The first-order valence-corrected chi connectivity index (χ1v) is 13.5. The molecule has 1 aliphatic heterocycles. The van der Waals surface area contributed by atoms with Crippen LogP contribution in [0.1, 0.15) is 23.8 Å². The molecule has 1 aromatic carbocycles. The fraction of sp³-hybridized carbons (Fsp3) is 0.385. The third-order valence-electron chi connectivity index (χ3n) is 6.64. The van der Waals surface area contributed by atoms with E-state index in [-0.39, 0.29) is 12.6 Å². The molecule has 2 atom stereocenters. The summed E-state index contributed by atoms with van der Waals surface area (Å²) in [4.78, 5) is 34.5. The van der Waals surface area contributed by atoms with Crippen LogP contribution in [0.5, 0.6) is 5.75 Å². The zero-order valence-corrected chi connectivity index (χ0v) is 22.7. The van der Waals surface area contributed by atoms with Gasteiger partial charge in [0, 0.05) is 40.2 Å². The molecule has 0 aliphatic carbocycles. The second kappa shape index (κ2) is 10.7. The van der Waals surface area contributed by atoms with Gasteiger partial charge in [-0.3, -0.25) is 13.9 Å². The second-order valence-corrected chi connectivity index (χ2v) is 11.2. The molecule has 13 heteroatoms. The van der Waals surface area contributed by atoms with E-state index in [1.165, 1.54) is 17.7 Å². The van der Waals surface area contributed by atoms with Crippen molar-refractivity contribution < 1.29 is 17.9 Å².